The lowest BCUT2D eigenvalue weighted by molar-refractivity contribution is -0.116. The molecule has 1 amide bonds. The van der Waals surface area contributed by atoms with Gasteiger partial charge in [-0.2, -0.15) is 0 Å². The molecule has 2 N–H and O–H groups in total. The summed E-state index contributed by atoms with van der Waals surface area (Å²) in [6.07, 6.45) is -0.0569. The van der Waals surface area contributed by atoms with Crippen molar-refractivity contribution in [2.24, 2.45) is 0 Å². The molecule has 0 fully saturated rings. The molecule has 9 heteroatoms. The van der Waals surface area contributed by atoms with Gasteiger partial charge in [0.05, 0.1) is 10.6 Å². The van der Waals surface area contributed by atoms with Gasteiger partial charge in [-0.1, -0.05) is 18.2 Å². The standard InChI is InChI=1S/C20H20FN3O3S2/c1-13-7-8-15(11-14(13)2)29(26,27)22-10-9-19(25)24-20-23-18(12-28-20)16-5-3-4-6-17(16)21/h3-8,11-12,22H,9-10H2,1-2H3,(H,23,24,25). The number of hydrogen-bond acceptors (Lipinski definition) is 5. The maximum absolute atomic E-state index is 13.8. The van der Waals surface area contributed by atoms with Crippen LogP contribution in [0.25, 0.3) is 11.3 Å². The molecular weight excluding hydrogens is 413 g/mol. The van der Waals surface area contributed by atoms with Crippen molar-refractivity contribution in [3.8, 4) is 11.3 Å². The first-order valence-corrected chi connectivity index (χ1v) is 11.2. The first-order valence-electron chi connectivity index (χ1n) is 8.83. The minimum absolute atomic E-state index is 0.0490. The highest BCUT2D eigenvalue weighted by Crippen LogP contribution is 2.26. The van der Waals surface area contributed by atoms with E-state index in [0.717, 1.165) is 11.1 Å². The predicted molar refractivity (Wildman–Crippen MR) is 112 cm³/mol. The third kappa shape index (κ3) is 5.26. The number of carbonyl (C=O) groups is 1. The fraction of sp³-hybridized carbons (Fsp3) is 0.200. The van der Waals surface area contributed by atoms with Crippen molar-refractivity contribution in [3.05, 3.63) is 64.8 Å². The Balaban J connectivity index is 1.55. The molecule has 0 bridgehead atoms. The van der Waals surface area contributed by atoms with Crippen molar-refractivity contribution >= 4 is 32.4 Å². The third-order valence-corrected chi connectivity index (χ3v) is 6.55. The molecule has 3 rings (SSSR count). The highest BCUT2D eigenvalue weighted by molar-refractivity contribution is 7.89. The van der Waals surface area contributed by atoms with Crippen molar-refractivity contribution < 1.29 is 17.6 Å². The quantitative estimate of drug-likeness (QED) is 0.592. The third-order valence-electron chi connectivity index (χ3n) is 4.33. The number of hydrogen-bond donors (Lipinski definition) is 2. The second-order valence-corrected chi connectivity index (χ2v) is 9.08. The molecule has 0 radical (unpaired) electrons. The van der Waals surface area contributed by atoms with Gasteiger partial charge < -0.3 is 5.32 Å². The Morgan fingerprint density at radius 3 is 2.62 bits per heavy atom. The molecule has 3 aromatic rings. The van der Waals surface area contributed by atoms with E-state index in [2.05, 4.69) is 15.0 Å². The van der Waals surface area contributed by atoms with Crippen LogP contribution < -0.4 is 10.0 Å². The fourth-order valence-corrected chi connectivity index (χ4v) is 4.41. The van der Waals surface area contributed by atoms with Gasteiger partial charge in [0.1, 0.15) is 5.82 Å². The lowest BCUT2D eigenvalue weighted by Crippen LogP contribution is -2.28. The van der Waals surface area contributed by atoms with Gasteiger partial charge in [0.25, 0.3) is 0 Å². The summed E-state index contributed by atoms with van der Waals surface area (Å²) in [5.74, 6) is -0.779. The van der Waals surface area contributed by atoms with Crippen molar-refractivity contribution in [2.45, 2.75) is 25.2 Å². The van der Waals surface area contributed by atoms with Gasteiger partial charge in [0.2, 0.25) is 15.9 Å². The van der Waals surface area contributed by atoms with E-state index in [1.807, 2.05) is 13.8 Å². The zero-order valence-electron chi connectivity index (χ0n) is 15.9. The van der Waals surface area contributed by atoms with Gasteiger partial charge in [-0.15, -0.1) is 11.3 Å². The van der Waals surface area contributed by atoms with Crippen molar-refractivity contribution in [2.75, 3.05) is 11.9 Å². The minimum Gasteiger partial charge on any atom is -0.302 e. The molecule has 2 aromatic carbocycles. The molecule has 0 aliphatic heterocycles. The van der Waals surface area contributed by atoms with E-state index in [1.54, 1.807) is 35.7 Å². The summed E-state index contributed by atoms with van der Waals surface area (Å²) in [5.41, 5.74) is 2.66. The summed E-state index contributed by atoms with van der Waals surface area (Å²) >= 11 is 1.17. The zero-order valence-corrected chi connectivity index (χ0v) is 17.5. The first kappa shape index (κ1) is 21.1. The molecule has 1 heterocycles. The van der Waals surface area contributed by atoms with Gasteiger partial charge >= 0.3 is 0 Å². The van der Waals surface area contributed by atoms with E-state index in [0.29, 0.717) is 16.4 Å². The molecule has 6 nitrogen and oxygen atoms in total. The van der Waals surface area contributed by atoms with Gasteiger partial charge in [-0.25, -0.2) is 22.5 Å². The number of aromatic nitrogens is 1. The van der Waals surface area contributed by atoms with E-state index in [-0.39, 0.29) is 23.8 Å². The number of carbonyl (C=O) groups excluding carboxylic acids is 1. The van der Waals surface area contributed by atoms with Gasteiger partial charge in [-0.3, -0.25) is 4.79 Å². The molecule has 0 saturated heterocycles. The average Bonchev–Trinajstić information content (AvgIpc) is 3.12. The topological polar surface area (TPSA) is 88.2 Å². The number of rotatable bonds is 7. The molecular formula is C20H20FN3O3S2. The van der Waals surface area contributed by atoms with E-state index >= 15 is 0 Å². The van der Waals surface area contributed by atoms with Crippen molar-refractivity contribution in [3.63, 3.8) is 0 Å². The van der Waals surface area contributed by atoms with Crippen molar-refractivity contribution in [1.29, 1.82) is 0 Å². The summed E-state index contributed by atoms with van der Waals surface area (Å²) in [6, 6.07) is 11.1. The maximum Gasteiger partial charge on any atom is 0.240 e. The number of amides is 1. The average molecular weight is 434 g/mol. The molecule has 0 atom stereocenters. The Morgan fingerprint density at radius 2 is 1.90 bits per heavy atom. The Hall–Kier alpha value is -2.62. The summed E-state index contributed by atoms with van der Waals surface area (Å²) in [7, 11) is -3.69. The second kappa shape index (κ2) is 8.81. The van der Waals surface area contributed by atoms with Crippen LogP contribution in [0.4, 0.5) is 9.52 Å². The lowest BCUT2D eigenvalue weighted by Gasteiger charge is -2.08. The monoisotopic (exact) mass is 433 g/mol. The maximum atomic E-state index is 13.8. The van der Waals surface area contributed by atoms with Gasteiger partial charge in [0, 0.05) is 23.9 Å². The summed E-state index contributed by atoms with van der Waals surface area (Å²) < 4.78 is 40.9. The number of sulfonamides is 1. The molecule has 0 unspecified atom stereocenters. The van der Waals surface area contributed by atoms with Crippen LogP contribution in [0.1, 0.15) is 17.5 Å². The number of nitrogens with one attached hydrogen (secondary N) is 2. The van der Waals surface area contributed by atoms with Crippen LogP contribution >= 0.6 is 11.3 Å². The Morgan fingerprint density at radius 1 is 1.14 bits per heavy atom. The number of aryl methyl sites for hydroxylation is 2. The van der Waals surface area contributed by atoms with Crippen molar-refractivity contribution in [1.82, 2.24) is 9.71 Å². The number of benzene rings is 2. The Bertz CT molecular complexity index is 1140. The number of nitrogens with zero attached hydrogens (tertiary/aromatic N) is 1. The fourth-order valence-electron chi connectivity index (χ4n) is 2.57. The Kier molecular flexibility index (Phi) is 6.41. The normalized spacial score (nSPS) is 11.4. The molecule has 29 heavy (non-hydrogen) atoms. The minimum atomic E-state index is -3.69. The van der Waals surface area contributed by atoms with E-state index in [1.165, 1.54) is 23.5 Å². The number of anilines is 1. The van der Waals surface area contributed by atoms with Crippen LogP contribution in [0.3, 0.4) is 0 Å². The highest BCUT2D eigenvalue weighted by atomic mass is 32.2. The van der Waals surface area contributed by atoms with E-state index in [4.69, 9.17) is 0 Å². The van der Waals surface area contributed by atoms with E-state index in [9.17, 15) is 17.6 Å². The second-order valence-electron chi connectivity index (χ2n) is 6.46. The molecule has 0 spiro atoms. The smallest absolute Gasteiger partial charge is 0.240 e. The number of thiazole rings is 1. The van der Waals surface area contributed by atoms with Crippen LogP contribution in [0.2, 0.25) is 0 Å². The highest BCUT2D eigenvalue weighted by Gasteiger charge is 2.16. The molecule has 1 aromatic heterocycles. The lowest BCUT2D eigenvalue weighted by atomic mass is 10.1. The number of halogens is 1. The SMILES string of the molecule is Cc1ccc(S(=O)(=O)NCCC(=O)Nc2nc(-c3ccccc3F)cs2)cc1C. The largest absolute Gasteiger partial charge is 0.302 e. The summed E-state index contributed by atoms with van der Waals surface area (Å²) in [6.45, 7) is 3.69. The van der Waals surface area contributed by atoms with Crippen LogP contribution in [-0.4, -0.2) is 25.9 Å². The molecule has 0 aliphatic rings. The van der Waals surface area contributed by atoms with Gasteiger partial charge in [0.15, 0.2) is 5.13 Å². The Labute approximate surface area is 172 Å². The predicted octanol–water partition coefficient (Wildman–Crippen LogP) is 3.87. The molecule has 0 aliphatic carbocycles. The van der Waals surface area contributed by atoms with Gasteiger partial charge in [-0.05, 0) is 49.2 Å². The van der Waals surface area contributed by atoms with Crippen LogP contribution in [0.5, 0.6) is 0 Å². The summed E-state index contributed by atoms with van der Waals surface area (Å²) in [5, 5.41) is 4.58. The van der Waals surface area contributed by atoms with Crippen LogP contribution in [0.15, 0.2) is 52.7 Å². The molecule has 0 saturated carbocycles. The van der Waals surface area contributed by atoms with E-state index < -0.39 is 15.8 Å². The van der Waals surface area contributed by atoms with Crippen LogP contribution in [0, 0.1) is 19.7 Å². The van der Waals surface area contributed by atoms with Crippen LogP contribution in [-0.2, 0) is 14.8 Å². The molecule has 152 valence electrons. The first-order chi connectivity index (χ1) is 13.8. The zero-order chi connectivity index (χ0) is 21.0. The summed E-state index contributed by atoms with van der Waals surface area (Å²) in [4.78, 5) is 16.5.